The van der Waals surface area contributed by atoms with Crippen LogP contribution in [-0.4, -0.2) is 10.9 Å². The van der Waals surface area contributed by atoms with Gasteiger partial charge in [-0.2, -0.15) is 11.3 Å². The van der Waals surface area contributed by atoms with Crippen LogP contribution in [0.1, 0.15) is 10.5 Å². The molecule has 0 aliphatic heterocycles. The Morgan fingerprint density at radius 2 is 1.90 bits per heavy atom. The van der Waals surface area contributed by atoms with Gasteiger partial charge in [-0.05, 0) is 23.6 Å². The predicted molar refractivity (Wildman–Crippen MR) is 79.7 cm³/mol. The number of thiazole rings is 1. The van der Waals surface area contributed by atoms with Crippen molar-refractivity contribution in [3.63, 3.8) is 0 Å². The highest BCUT2D eigenvalue weighted by Gasteiger charge is 2.16. The quantitative estimate of drug-likeness (QED) is 0.776. The summed E-state index contributed by atoms with van der Waals surface area (Å²) in [5.74, 6) is -2.29. The number of carbonyl (C=O) groups is 1. The van der Waals surface area contributed by atoms with Crippen LogP contribution in [0.15, 0.2) is 40.4 Å². The van der Waals surface area contributed by atoms with Crippen LogP contribution in [0.4, 0.5) is 14.5 Å². The van der Waals surface area contributed by atoms with E-state index in [2.05, 4.69) is 10.3 Å². The molecule has 0 saturated heterocycles. The third kappa shape index (κ3) is 2.84. The van der Waals surface area contributed by atoms with E-state index >= 15 is 0 Å². The molecule has 7 heteroatoms. The number of halogens is 2. The molecule has 106 valence electrons. The third-order valence-corrected chi connectivity index (χ3v) is 4.28. The normalized spacial score (nSPS) is 10.6. The summed E-state index contributed by atoms with van der Waals surface area (Å²) >= 11 is 2.83. The largest absolute Gasteiger partial charge is 0.316 e. The van der Waals surface area contributed by atoms with Crippen LogP contribution in [0.2, 0.25) is 0 Å². The number of amides is 1. The second-order valence-electron chi connectivity index (χ2n) is 4.10. The molecule has 0 unspecified atom stereocenters. The highest BCUT2D eigenvalue weighted by Crippen LogP contribution is 2.26. The maximum Gasteiger partial charge on any atom is 0.275 e. The van der Waals surface area contributed by atoms with Gasteiger partial charge >= 0.3 is 0 Å². The molecule has 0 saturated carbocycles. The maximum atomic E-state index is 13.5. The van der Waals surface area contributed by atoms with Gasteiger partial charge in [0.1, 0.15) is 28.0 Å². The summed E-state index contributed by atoms with van der Waals surface area (Å²) in [5.41, 5.74) is 0.581. The zero-order valence-corrected chi connectivity index (χ0v) is 12.1. The molecule has 3 aromatic rings. The van der Waals surface area contributed by atoms with Crippen molar-refractivity contribution in [2.75, 3.05) is 5.32 Å². The number of nitrogens with one attached hydrogen (secondary N) is 1. The number of aromatic nitrogens is 1. The number of nitrogens with zero attached hydrogens (tertiary/aromatic N) is 1. The van der Waals surface area contributed by atoms with Gasteiger partial charge < -0.3 is 5.32 Å². The lowest BCUT2D eigenvalue weighted by Crippen LogP contribution is -2.14. The van der Waals surface area contributed by atoms with Gasteiger partial charge in [0.25, 0.3) is 5.91 Å². The smallest absolute Gasteiger partial charge is 0.275 e. The minimum atomic E-state index is -0.823. The summed E-state index contributed by atoms with van der Waals surface area (Å²) in [4.78, 5) is 16.2. The Hall–Kier alpha value is -2.12. The van der Waals surface area contributed by atoms with Crippen LogP contribution in [0.3, 0.4) is 0 Å². The Balaban J connectivity index is 1.83. The van der Waals surface area contributed by atoms with Crippen molar-refractivity contribution in [3.05, 3.63) is 57.7 Å². The van der Waals surface area contributed by atoms with E-state index in [1.807, 2.05) is 16.8 Å². The summed E-state index contributed by atoms with van der Waals surface area (Å²) in [6.07, 6.45) is 0. The Morgan fingerprint density at radius 3 is 2.57 bits per heavy atom. The molecule has 0 spiro atoms. The summed E-state index contributed by atoms with van der Waals surface area (Å²) < 4.78 is 27.0. The first-order valence-electron chi connectivity index (χ1n) is 5.88. The van der Waals surface area contributed by atoms with Crippen molar-refractivity contribution in [3.8, 4) is 10.6 Å². The van der Waals surface area contributed by atoms with Crippen molar-refractivity contribution in [1.82, 2.24) is 4.98 Å². The molecule has 0 bridgehead atoms. The molecule has 0 aliphatic rings. The monoisotopic (exact) mass is 322 g/mol. The number of hydrogen-bond acceptors (Lipinski definition) is 4. The van der Waals surface area contributed by atoms with E-state index in [0.717, 1.165) is 17.7 Å². The number of para-hydroxylation sites is 1. The Bertz CT molecular complexity index is 764. The van der Waals surface area contributed by atoms with E-state index in [0.29, 0.717) is 5.01 Å². The van der Waals surface area contributed by atoms with Crippen molar-refractivity contribution in [2.45, 2.75) is 0 Å². The van der Waals surface area contributed by atoms with Crippen molar-refractivity contribution < 1.29 is 13.6 Å². The first-order chi connectivity index (χ1) is 10.1. The molecule has 3 rings (SSSR count). The van der Waals surface area contributed by atoms with E-state index in [1.165, 1.54) is 28.7 Å². The van der Waals surface area contributed by atoms with Gasteiger partial charge in [-0.15, -0.1) is 11.3 Å². The highest BCUT2D eigenvalue weighted by atomic mass is 32.1. The molecule has 0 atom stereocenters. The second-order valence-corrected chi connectivity index (χ2v) is 5.74. The van der Waals surface area contributed by atoms with Crippen molar-refractivity contribution in [1.29, 1.82) is 0 Å². The van der Waals surface area contributed by atoms with Crippen LogP contribution < -0.4 is 5.32 Å². The standard InChI is InChI=1S/C14H8F2N2OS2/c15-9-2-1-3-10(16)12(9)18-13(19)11-7-21-14(17-11)8-4-5-20-6-8/h1-7H,(H,18,19). The summed E-state index contributed by atoms with van der Waals surface area (Å²) in [5, 5.41) is 8.28. The fraction of sp³-hybridized carbons (Fsp3) is 0. The first kappa shape index (κ1) is 13.8. The SMILES string of the molecule is O=C(Nc1c(F)cccc1F)c1csc(-c2ccsc2)n1. The molecule has 2 heterocycles. The zero-order chi connectivity index (χ0) is 14.8. The van der Waals surface area contributed by atoms with Crippen LogP contribution in [0, 0.1) is 11.6 Å². The van der Waals surface area contributed by atoms with Crippen LogP contribution in [0.5, 0.6) is 0 Å². The average molecular weight is 322 g/mol. The first-order valence-corrected chi connectivity index (χ1v) is 7.71. The molecule has 21 heavy (non-hydrogen) atoms. The number of rotatable bonds is 3. The number of hydrogen-bond donors (Lipinski definition) is 1. The molecule has 3 nitrogen and oxygen atoms in total. The van der Waals surface area contributed by atoms with Gasteiger partial charge in [0.15, 0.2) is 0 Å². The minimum Gasteiger partial charge on any atom is -0.316 e. The number of thiophene rings is 1. The number of benzene rings is 1. The number of carbonyl (C=O) groups excluding carboxylic acids is 1. The molecule has 0 fully saturated rings. The van der Waals surface area contributed by atoms with Gasteiger partial charge in [-0.25, -0.2) is 13.8 Å². The summed E-state index contributed by atoms with van der Waals surface area (Å²) in [6, 6.07) is 5.28. The fourth-order valence-electron chi connectivity index (χ4n) is 1.69. The molecular weight excluding hydrogens is 314 g/mol. The second kappa shape index (κ2) is 5.71. The highest BCUT2D eigenvalue weighted by molar-refractivity contribution is 7.14. The average Bonchev–Trinajstić information content (AvgIpc) is 3.12. The topological polar surface area (TPSA) is 42.0 Å². The van der Waals surface area contributed by atoms with Gasteiger partial charge in [0.05, 0.1) is 0 Å². The van der Waals surface area contributed by atoms with Crippen molar-refractivity contribution >= 4 is 34.3 Å². The third-order valence-electron chi connectivity index (χ3n) is 2.71. The van der Waals surface area contributed by atoms with Crippen LogP contribution >= 0.6 is 22.7 Å². The predicted octanol–water partition coefficient (Wildman–Crippen LogP) is 4.40. The molecule has 0 radical (unpaired) electrons. The van der Waals surface area contributed by atoms with Gasteiger partial charge in [-0.1, -0.05) is 6.07 Å². The van der Waals surface area contributed by atoms with E-state index < -0.39 is 23.2 Å². The maximum absolute atomic E-state index is 13.5. The Kier molecular flexibility index (Phi) is 3.76. The minimum absolute atomic E-state index is 0.129. The molecular formula is C14H8F2N2OS2. The Morgan fingerprint density at radius 1 is 1.14 bits per heavy atom. The van der Waals surface area contributed by atoms with E-state index in [9.17, 15) is 13.6 Å². The van der Waals surface area contributed by atoms with E-state index in [-0.39, 0.29) is 5.69 Å². The van der Waals surface area contributed by atoms with Gasteiger partial charge in [0, 0.05) is 16.3 Å². The van der Waals surface area contributed by atoms with Crippen LogP contribution in [0.25, 0.3) is 10.6 Å². The summed E-state index contributed by atoms with van der Waals surface area (Å²) in [7, 11) is 0. The molecule has 2 aromatic heterocycles. The summed E-state index contributed by atoms with van der Waals surface area (Å²) in [6.45, 7) is 0. The number of anilines is 1. The zero-order valence-electron chi connectivity index (χ0n) is 10.5. The fourth-order valence-corrected chi connectivity index (χ4v) is 3.20. The van der Waals surface area contributed by atoms with Gasteiger partial charge in [0.2, 0.25) is 0 Å². The molecule has 1 N–H and O–H groups in total. The molecule has 0 aliphatic carbocycles. The molecule has 1 amide bonds. The lowest BCUT2D eigenvalue weighted by Gasteiger charge is -2.05. The van der Waals surface area contributed by atoms with Crippen LogP contribution in [-0.2, 0) is 0 Å². The van der Waals surface area contributed by atoms with Gasteiger partial charge in [-0.3, -0.25) is 4.79 Å². The lowest BCUT2D eigenvalue weighted by atomic mass is 10.3. The molecule has 1 aromatic carbocycles. The Labute approximate surface area is 126 Å². The van der Waals surface area contributed by atoms with E-state index in [4.69, 9.17) is 0 Å². The lowest BCUT2D eigenvalue weighted by molar-refractivity contribution is 0.102. The van der Waals surface area contributed by atoms with Crippen molar-refractivity contribution in [2.24, 2.45) is 0 Å². The van der Waals surface area contributed by atoms with E-state index in [1.54, 1.807) is 5.38 Å².